The Balaban J connectivity index is 3.23. The number of halogens is 1. The van der Waals surface area contributed by atoms with Crippen LogP contribution < -0.4 is 5.73 Å². The number of hydrogen-bond acceptors (Lipinski definition) is 4. The maximum Gasteiger partial charge on any atom is 0.153 e. The SMILES string of the molecule is C=C(O)c1nc(Br)cnc1N. The van der Waals surface area contributed by atoms with Crippen LogP contribution in [0.25, 0.3) is 5.76 Å². The first-order valence-electron chi connectivity index (χ1n) is 2.77. The summed E-state index contributed by atoms with van der Waals surface area (Å²) in [6.07, 6.45) is 1.45. The quantitative estimate of drug-likeness (QED) is 0.695. The van der Waals surface area contributed by atoms with Crippen molar-refractivity contribution in [2.45, 2.75) is 0 Å². The molecule has 11 heavy (non-hydrogen) atoms. The third-order valence-corrected chi connectivity index (χ3v) is 1.43. The summed E-state index contributed by atoms with van der Waals surface area (Å²) in [5, 5.41) is 8.93. The minimum atomic E-state index is -0.184. The van der Waals surface area contributed by atoms with Crippen molar-refractivity contribution in [3.8, 4) is 0 Å². The van der Waals surface area contributed by atoms with Crippen molar-refractivity contribution in [1.29, 1.82) is 0 Å². The van der Waals surface area contributed by atoms with Gasteiger partial charge in [0.1, 0.15) is 16.1 Å². The second-order valence-corrected chi connectivity index (χ2v) is 2.69. The smallest absolute Gasteiger partial charge is 0.153 e. The Morgan fingerprint density at radius 2 is 2.36 bits per heavy atom. The van der Waals surface area contributed by atoms with E-state index in [0.29, 0.717) is 4.60 Å². The van der Waals surface area contributed by atoms with Gasteiger partial charge in [-0.3, -0.25) is 0 Å². The van der Waals surface area contributed by atoms with E-state index in [4.69, 9.17) is 10.8 Å². The monoisotopic (exact) mass is 215 g/mol. The first-order valence-corrected chi connectivity index (χ1v) is 3.57. The van der Waals surface area contributed by atoms with Crippen molar-refractivity contribution in [3.63, 3.8) is 0 Å². The van der Waals surface area contributed by atoms with E-state index in [1.807, 2.05) is 0 Å². The lowest BCUT2D eigenvalue weighted by Crippen LogP contribution is -1.99. The number of rotatable bonds is 1. The van der Waals surface area contributed by atoms with Crippen LogP contribution in [-0.4, -0.2) is 15.1 Å². The molecule has 0 radical (unpaired) electrons. The summed E-state index contributed by atoms with van der Waals surface area (Å²) in [6.45, 7) is 3.28. The Morgan fingerprint density at radius 3 is 2.82 bits per heavy atom. The fourth-order valence-electron chi connectivity index (χ4n) is 0.589. The number of nitrogen functional groups attached to an aromatic ring is 1. The summed E-state index contributed by atoms with van der Waals surface area (Å²) in [4.78, 5) is 7.60. The molecule has 0 unspecified atom stereocenters. The lowest BCUT2D eigenvalue weighted by molar-refractivity contribution is 0.510. The molecule has 1 aromatic heterocycles. The zero-order valence-electron chi connectivity index (χ0n) is 5.58. The van der Waals surface area contributed by atoms with Crippen molar-refractivity contribution in [1.82, 2.24) is 9.97 Å². The number of nitrogens with two attached hydrogens (primary N) is 1. The zero-order chi connectivity index (χ0) is 8.43. The highest BCUT2D eigenvalue weighted by molar-refractivity contribution is 9.10. The molecule has 1 rings (SSSR count). The Labute approximate surface area is 71.9 Å². The topological polar surface area (TPSA) is 72.0 Å². The number of nitrogens with zero attached hydrogens (tertiary/aromatic N) is 2. The van der Waals surface area contributed by atoms with Gasteiger partial charge >= 0.3 is 0 Å². The van der Waals surface area contributed by atoms with Gasteiger partial charge in [-0.2, -0.15) is 0 Å². The zero-order valence-corrected chi connectivity index (χ0v) is 7.17. The summed E-state index contributed by atoms with van der Waals surface area (Å²) in [6, 6.07) is 0. The number of anilines is 1. The Kier molecular flexibility index (Phi) is 2.09. The molecular formula is C6H6BrN3O. The van der Waals surface area contributed by atoms with Gasteiger partial charge in [0.05, 0.1) is 6.20 Å². The Bertz CT molecular complexity index is 300. The Morgan fingerprint density at radius 1 is 1.73 bits per heavy atom. The van der Waals surface area contributed by atoms with Crippen LogP contribution in [0.2, 0.25) is 0 Å². The molecule has 0 aliphatic heterocycles. The van der Waals surface area contributed by atoms with Crippen molar-refractivity contribution >= 4 is 27.5 Å². The molecule has 0 saturated carbocycles. The maximum absolute atomic E-state index is 8.93. The molecule has 1 aromatic rings. The van der Waals surface area contributed by atoms with E-state index in [1.54, 1.807) is 0 Å². The molecule has 0 atom stereocenters. The first-order chi connectivity index (χ1) is 5.11. The summed E-state index contributed by atoms with van der Waals surface area (Å²) < 4.78 is 0.511. The molecule has 58 valence electrons. The first kappa shape index (κ1) is 8.00. The van der Waals surface area contributed by atoms with Crippen LogP contribution in [0.4, 0.5) is 5.82 Å². The average molecular weight is 216 g/mol. The van der Waals surface area contributed by atoms with E-state index < -0.39 is 0 Å². The fraction of sp³-hybridized carbons (Fsp3) is 0. The third kappa shape index (κ3) is 1.68. The standard InChI is InChI=1S/C6H6BrN3O/c1-3(11)5-6(8)9-2-4(7)10-5/h2,11H,1H2,(H2,8,9). The molecule has 0 fully saturated rings. The largest absolute Gasteiger partial charge is 0.506 e. The maximum atomic E-state index is 8.93. The summed E-state index contributed by atoms with van der Waals surface area (Å²) in [5.74, 6) is -0.0167. The second-order valence-electron chi connectivity index (χ2n) is 1.87. The van der Waals surface area contributed by atoms with E-state index in [0.717, 1.165) is 0 Å². The number of hydrogen-bond donors (Lipinski definition) is 2. The van der Waals surface area contributed by atoms with Gasteiger partial charge in [0, 0.05) is 0 Å². The third-order valence-electron chi connectivity index (χ3n) is 1.04. The molecule has 0 aliphatic rings. The number of aliphatic hydroxyl groups is 1. The molecule has 0 bridgehead atoms. The van der Waals surface area contributed by atoms with E-state index in [-0.39, 0.29) is 17.3 Å². The summed E-state index contributed by atoms with van der Waals surface area (Å²) >= 11 is 3.08. The minimum Gasteiger partial charge on any atom is -0.506 e. The molecule has 0 amide bonds. The van der Waals surface area contributed by atoms with Crippen molar-refractivity contribution in [2.75, 3.05) is 5.73 Å². The van der Waals surface area contributed by atoms with Gasteiger partial charge in [-0.1, -0.05) is 6.58 Å². The van der Waals surface area contributed by atoms with E-state index in [9.17, 15) is 0 Å². The lowest BCUT2D eigenvalue weighted by Gasteiger charge is -2.00. The molecule has 0 aromatic carbocycles. The molecule has 0 aliphatic carbocycles. The van der Waals surface area contributed by atoms with E-state index in [2.05, 4.69) is 32.5 Å². The predicted molar refractivity (Wildman–Crippen MR) is 45.8 cm³/mol. The van der Waals surface area contributed by atoms with Gasteiger partial charge in [0.2, 0.25) is 0 Å². The van der Waals surface area contributed by atoms with E-state index in [1.165, 1.54) is 6.20 Å². The van der Waals surface area contributed by atoms with Crippen LogP contribution in [0.3, 0.4) is 0 Å². The van der Waals surface area contributed by atoms with Crippen LogP contribution in [0.5, 0.6) is 0 Å². The van der Waals surface area contributed by atoms with Crippen molar-refractivity contribution in [3.05, 3.63) is 23.1 Å². The van der Waals surface area contributed by atoms with Gasteiger partial charge < -0.3 is 10.8 Å². The normalized spacial score (nSPS) is 9.55. The summed E-state index contributed by atoms with van der Waals surface area (Å²) in [7, 11) is 0. The highest BCUT2D eigenvalue weighted by atomic mass is 79.9. The van der Waals surface area contributed by atoms with Crippen LogP contribution in [-0.2, 0) is 0 Å². The molecule has 3 N–H and O–H groups in total. The number of aromatic nitrogens is 2. The number of aliphatic hydroxyl groups excluding tert-OH is 1. The predicted octanol–water partition coefficient (Wildman–Crippen LogP) is 1.35. The molecule has 0 spiro atoms. The highest BCUT2D eigenvalue weighted by Crippen LogP contribution is 2.15. The molecular weight excluding hydrogens is 210 g/mol. The van der Waals surface area contributed by atoms with Crippen LogP contribution in [0.1, 0.15) is 5.69 Å². The lowest BCUT2D eigenvalue weighted by atomic mass is 10.4. The molecule has 5 heteroatoms. The van der Waals surface area contributed by atoms with Crippen LogP contribution >= 0.6 is 15.9 Å². The fourth-order valence-corrected chi connectivity index (χ4v) is 0.869. The molecule has 0 saturated heterocycles. The van der Waals surface area contributed by atoms with Gasteiger partial charge in [-0.15, -0.1) is 0 Å². The van der Waals surface area contributed by atoms with Crippen LogP contribution in [0, 0.1) is 0 Å². The second kappa shape index (κ2) is 2.87. The minimum absolute atomic E-state index is 0.167. The highest BCUT2D eigenvalue weighted by Gasteiger charge is 2.04. The van der Waals surface area contributed by atoms with Gasteiger partial charge in [0.15, 0.2) is 5.82 Å². The van der Waals surface area contributed by atoms with Gasteiger partial charge in [-0.05, 0) is 15.9 Å². The summed E-state index contributed by atoms with van der Waals surface area (Å²) in [5.41, 5.74) is 5.58. The van der Waals surface area contributed by atoms with Gasteiger partial charge in [0.25, 0.3) is 0 Å². The van der Waals surface area contributed by atoms with Crippen molar-refractivity contribution < 1.29 is 5.11 Å². The van der Waals surface area contributed by atoms with E-state index >= 15 is 0 Å². The average Bonchev–Trinajstić information content (AvgIpc) is 1.94. The van der Waals surface area contributed by atoms with Crippen LogP contribution in [0.15, 0.2) is 17.4 Å². The van der Waals surface area contributed by atoms with Gasteiger partial charge in [-0.25, -0.2) is 9.97 Å². The Hall–Kier alpha value is -1.10. The molecule has 4 nitrogen and oxygen atoms in total. The van der Waals surface area contributed by atoms with Crippen molar-refractivity contribution in [2.24, 2.45) is 0 Å². The molecule has 1 heterocycles.